The molecule has 1 amide bonds. The monoisotopic (exact) mass is 246 g/mol. The molecule has 5 heteroatoms. The average Bonchev–Trinajstić information content (AvgIpc) is 2.40. The van der Waals surface area contributed by atoms with Crippen molar-refractivity contribution in [1.29, 1.82) is 0 Å². The van der Waals surface area contributed by atoms with Crippen LogP contribution in [0.2, 0.25) is 0 Å². The smallest absolute Gasteiger partial charge is 0.251 e. The molecule has 0 spiro atoms. The number of anilines is 1. The lowest BCUT2D eigenvalue weighted by Gasteiger charge is -2.44. The maximum absolute atomic E-state index is 12.1. The van der Waals surface area contributed by atoms with Gasteiger partial charge in [-0.1, -0.05) is 0 Å². The zero-order valence-electron chi connectivity index (χ0n) is 10.3. The zero-order chi connectivity index (χ0) is 12.5. The summed E-state index contributed by atoms with van der Waals surface area (Å²) in [6, 6.07) is 3.61. The first-order valence-corrected chi connectivity index (χ1v) is 6.47. The highest BCUT2D eigenvalue weighted by Crippen LogP contribution is 2.27. The van der Waals surface area contributed by atoms with Crippen molar-refractivity contribution < 1.29 is 4.79 Å². The molecule has 4 rings (SSSR count). The molecule has 3 saturated heterocycles. The summed E-state index contributed by atoms with van der Waals surface area (Å²) < 4.78 is 0. The number of carbonyl (C=O) groups excluding carboxylic acids is 1. The van der Waals surface area contributed by atoms with Crippen molar-refractivity contribution in [2.24, 2.45) is 5.92 Å². The fourth-order valence-corrected chi connectivity index (χ4v) is 2.97. The van der Waals surface area contributed by atoms with Crippen LogP contribution in [-0.2, 0) is 0 Å². The molecule has 1 atom stereocenters. The van der Waals surface area contributed by atoms with E-state index in [-0.39, 0.29) is 11.9 Å². The molecule has 1 aromatic rings. The largest absolute Gasteiger partial charge is 0.384 e. The van der Waals surface area contributed by atoms with E-state index >= 15 is 0 Å². The topological polar surface area (TPSA) is 71.2 Å². The molecule has 3 aliphatic heterocycles. The van der Waals surface area contributed by atoms with Crippen LogP contribution in [0, 0.1) is 5.92 Å². The van der Waals surface area contributed by atoms with Crippen molar-refractivity contribution in [2.75, 3.05) is 25.4 Å². The molecule has 3 aliphatic rings. The second-order valence-corrected chi connectivity index (χ2v) is 5.19. The van der Waals surface area contributed by atoms with Gasteiger partial charge in [0.1, 0.15) is 5.82 Å². The minimum atomic E-state index is -0.0390. The number of nitrogen functional groups attached to an aromatic ring is 1. The van der Waals surface area contributed by atoms with Gasteiger partial charge in [-0.15, -0.1) is 0 Å². The first-order chi connectivity index (χ1) is 8.72. The summed E-state index contributed by atoms with van der Waals surface area (Å²) in [6.07, 6.45) is 3.97. The van der Waals surface area contributed by atoms with Gasteiger partial charge in [0, 0.05) is 24.3 Å². The minimum absolute atomic E-state index is 0.0390. The predicted molar refractivity (Wildman–Crippen MR) is 69.1 cm³/mol. The number of aromatic nitrogens is 1. The molecular weight excluding hydrogens is 228 g/mol. The van der Waals surface area contributed by atoms with E-state index in [1.165, 1.54) is 25.9 Å². The Hall–Kier alpha value is -1.62. The highest BCUT2D eigenvalue weighted by molar-refractivity contribution is 5.94. The van der Waals surface area contributed by atoms with E-state index in [1.807, 2.05) is 0 Å². The van der Waals surface area contributed by atoms with E-state index in [1.54, 1.807) is 18.3 Å². The SMILES string of the molecule is Nc1cc(C(=O)NC2CN3CCC2CC3)ccn1. The third kappa shape index (κ3) is 2.18. The quantitative estimate of drug-likeness (QED) is 0.796. The summed E-state index contributed by atoms with van der Waals surface area (Å²) in [5.74, 6) is 0.984. The lowest BCUT2D eigenvalue weighted by Crippen LogP contribution is -2.57. The Bertz CT molecular complexity index is 454. The van der Waals surface area contributed by atoms with Crippen LogP contribution < -0.4 is 11.1 Å². The normalized spacial score (nSPS) is 30.1. The van der Waals surface area contributed by atoms with E-state index in [9.17, 15) is 4.79 Å². The van der Waals surface area contributed by atoms with Gasteiger partial charge in [0.15, 0.2) is 0 Å². The van der Waals surface area contributed by atoms with Crippen LogP contribution >= 0.6 is 0 Å². The Morgan fingerprint density at radius 1 is 1.44 bits per heavy atom. The number of nitrogens with one attached hydrogen (secondary N) is 1. The van der Waals surface area contributed by atoms with E-state index in [2.05, 4.69) is 15.2 Å². The molecular formula is C13H18N4O. The van der Waals surface area contributed by atoms with E-state index in [4.69, 9.17) is 5.73 Å². The van der Waals surface area contributed by atoms with Gasteiger partial charge in [-0.05, 0) is 44.0 Å². The Balaban J connectivity index is 1.68. The number of nitrogens with two attached hydrogens (primary N) is 1. The van der Waals surface area contributed by atoms with Crippen molar-refractivity contribution >= 4 is 11.7 Å². The van der Waals surface area contributed by atoms with Crippen LogP contribution in [0.5, 0.6) is 0 Å². The first kappa shape index (κ1) is 11.5. The van der Waals surface area contributed by atoms with Crippen molar-refractivity contribution in [3.8, 4) is 0 Å². The van der Waals surface area contributed by atoms with Crippen molar-refractivity contribution in [2.45, 2.75) is 18.9 Å². The number of carbonyl (C=O) groups is 1. The standard InChI is InChI=1S/C13H18N4O/c14-12-7-10(1-4-15-12)13(18)16-11-8-17-5-2-9(11)3-6-17/h1,4,7,9,11H,2-3,5-6,8H2,(H2,14,15)(H,16,18). The van der Waals surface area contributed by atoms with Crippen LogP contribution in [-0.4, -0.2) is 41.5 Å². The predicted octanol–water partition coefficient (Wildman–Crippen LogP) is 0.488. The molecule has 5 nitrogen and oxygen atoms in total. The summed E-state index contributed by atoms with van der Waals surface area (Å²) in [4.78, 5) is 18.4. The van der Waals surface area contributed by atoms with Gasteiger partial charge < -0.3 is 16.0 Å². The molecule has 0 saturated carbocycles. The molecule has 0 radical (unpaired) electrons. The lowest BCUT2D eigenvalue weighted by molar-refractivity contribution is 0.0620. The van der Waals surface area contributed by atoms with Crippen molar-refractivity contribution in [1.82, 2.24) is 15.2 Å². The third-order valence-corrected chi connectivity index (χ3v) is 4.02. The molecule has 1 unspecified atom stereocenters. The summed E-state index contributed by atoms with van der Waals surface area (Å²) in [7, 11) is 0. The number of fused-ring (bicyclic) bond motifs is 3. The Kier molecular flexibility index (Phi) is 2.91. The Morgan fingerprint density at radius 2 is 2.22 bits per heavy atom. The van der Waals surface area contributed by atoms with Crippen LogP contribution in [0.1, 0.15) is 23.2 Å². The summed E-state index contributed by atoms with van der Waals surface area (Å²) >= 11 is 0. The highest BCUT2D eigenvalue weighted by atomic mass is 16.1. The molecule has 0 aliphatic carbocycles. The second-order valence-electron chi connectivity index (χ2n) is 5.19. The fourth-order valence-electron chi connectivity index (χ4n) is 2.97. The van der Waals surface area contributed by atoms with Gasteiger partial charge in [-0.3, -0.25) is 4.79 Å². The van der Waals surface area contributed by atoms with Gasteiger partial charge in [0.2, 0.25) is 0 Å². The number of rotatable bonds is 2. The highest BCUT2D eigenvalue weighted by Gasteiger charge is 2.34. The first-order valence-electron chi connectivity index (χ1n) is 6.47. The minimum Gasteiger partial charge on any atom is -0.384 e. The fraction of sp³-hybridized carbons (Fsp3) is 0.538. The Morgan fingerprint density at radius 3 is 2.83 bits per heavy atom. The molecule has 0 aromatic carbocycles. The number of nitrogens with zero attached hydrogens (tertiary/aromatic N) is 2. The number of piperidine rings is 3. The van der Waals surface area contributed by atoms with E-state index in [0.717, 1.165) is 6.54 Å². The summed E-state index contributed by atoms with van der Waals surface area (Å²) in [5, 5.41) is 3.13. The van der Waals surface area contributed by atoms with Crippen LogP contribution in [0.15, 0.2) is 18.3 Å². The second kappa shape index (κ2) is 4.57. The molecule has 2 bridgehead atoms. The molecule has 18 heavy (non-hydrogen) atoms. The maximum Gasteiger partial charge on any atom is 0.251 e. The molecule has 3 N–H and O–H groups in total. The van der Waals surface area contributed by atoms with Gasteiger partial charge in [0.05, 0.1) is 0 Å². The van der Waals surface area contributed by atoms with Crippen LogP contribution in [0.25, 0.3) is 0 Å². The Labute approximate surface area is 106 Å². The summed E-state index contributed by atoms with van der Waals surface area (Å²) in [5.41, 5.74) is 6.19. The van der Waals surface area contributed by atoms with Gasteiger partial charge in [-0.2, -0.15) is 0 Å². The van der Waals surface area contributed by atoms with Gasteiger partial charge in [-0.25, -0.2) is 4.98 Å². The summed E-state index contributed by atoms with van der Waals surface area (Å²) in [6.45, 7) is 3.34. The molecule has 96 valence electrons. The number of amides is 1. The average molecular weight is 246 g/mol. The van der Waals surface area contributed by atoms with Crippen LogP contribution in [0.3, 0.4) is 0 Å². The zero-order valence-corrected chi connectivity index (χ0v) is 10.3. The van der Waals surface area contributed by atoms with Gasteiger partial charge in [0.25, 0.3) is 5.91 Å². The maximum atomic E-state index is 12.1. The van der Waals surface area contributed by atoms with Crippen molar-refractivity contribution in [3.63, 3.8) is 0 Å². The lowest BCUT2D eigenvalue weighted by atomic mass is 9.84. The third-order valence-electron chi connectivity index (χ3n) is 4.02. The van der Waals surface area contributed by atoms with Gasteiger partial charge >= 0.3 is 0 Å². The van der Waals surface area contributed by atoms with Crippen molar-refractivity contribution in [3.05, 3.63) is 23.9 Å². The molecule has 1 aromatic heterocycles. The number of pyridine rings is 1. The molecule has 4 heterocycles. The molecule has 3 fully saturated rings. The van der Waals surface area contributed by atoms with E-state index in [0.29, 0.717) is 17.3 Å². The van der Waals surface area contributed by atoms with Crippen LogP contribution in [0.4, 0.5) is 5.82 Å². The van der Waals surface area contributed by atoms with E-state index < -0.39 is 0 Å². The number of hydrogen-bond donors (Lipinski definition) is 2. The number of hydrogen-bond acceptors (Lipinski definition) is 4.